The van der Waals surface area contributed by atoms with Crippen molar-refractivity contribution in [2.24, 2.45) is 5.73 Å². The maximum Gasteiger partial charge on any atom is 0.240 e. The molecule has 1 atom stereocenters. The quantitative estimate of drug-likeness (QED) is 0.712. The second kappa shape index (κ2) is 7.35. The minimum Gasteiger partial charge on any atom is -0.324 e. The van der Waals surface area contributed by atoms with Crippen LogP contribution in [0, 0.1) is 3.57 Å². The number of halogens is 1. The molecule has 0 saturated carbocycles. The predicted molar refractivity (Wildman–Crippen MR) is 92.3 cm³/mol. The van der Waals surface area contributed by atoms with E-state index < -0.39 is 10.0 Å². The number of rotatable bonds is 6. The largest absolute Gasteiger partial charge is 0.324 e. The Kier molecular flexibility index (Phi) is 5.74. The number of hydrogen-bond donors (Lipinski definition) is 2. The molecule has 2 aromatic carbocycles. The van der Waals surface area contributed by atoms with Crippen LogP contribution in [0.4, 0.5) is 0 Å². The van der Waals surface area contributed by atoms with Crippen molar-refractivity contribution in [3.8, 4) is 0 Å². The summed E-state index contributed by atoms with van der Waals surface area (Å²) in [5.74, 6) is 0. The number of nitrogens with two attached hydrogens (primary N) is 1. The molecule has 0 heterocycles. The van der Waals surface area contributed by atoms with E-state index in [1.54, 1.807) is 24.3 Å². The van der Waals surface area contributed by atoms with Crippen LogP contribution in [-0.4, -0.2) is 15.0 Å². The van der Waals surface area contributed by atoms with Gasteiger partial charge >= 0.3 is 0 Å². The fraction of sp³-hybridized carbons (Fsp3) is 0.200. The highest BCUT2D eigenvalue weighted by Crippen LogP contribution is 2.14. The minimum atomic E-state index is -3.46. The molecule has 0 aromatic heterocycles. The molecule has 112 valence electrons. The van der Waals surface area contributed by atoms with Gasteiger partial charge in [-0.2, -0.15) is 0 Å². The first-order chi connectivity index (χ1) is 9.99. The van der Waals surface area contributed by atoms with Gasteiger partial charge in [0.1, 0.15) is 0 Å². The molecular weight excluding hydrogens is 399 g/mol. The summed E-state index contributed by atoms with van der Waals surface area (Å²) >= 11 is 2.14. The zero-order valence-corrected chi connectivity index (χ0v) is 14.3. The molecule has 1 unspecified atom stereocenters. The second-order valence-corrected chi connectivity index (χ2v) is 7.67. The van der Waals surface area contributed by atoms with Crippen LogP contribution in [0.3, 0.4) is 0 Å². The average molecular weight is 416 g/mol. The molecule has 6 heteroatoms. The Bertz CT molecular complexity index is 673. The number of benzene rings is 2. The zero-order valence-electron chi connectivity index (χ0n) is 11.4. The molecule has 4 nitrogen and oxygen atoms in total. The molecule has 0 aliphatic heterocycles. The van der Waals surface area contributed by atoms with Crippen LogP contribution in [0.5, 0.6) is 0 Å². The Morgan fingerprint density at radius 3 is 2.29 bits per heavy atom. The number of sulfonamides is 1. The summed E-state index contributed by atoms with van der Waals surface area (Å²) < 4.78 is 27.8. The molecular formula is C15H17IN2O2S. The van der Waals surface area contributed by atoms with Crippen molar-refractivity contribution in [2.45, 2.75) is 17.4 Å². The minimum absolute atomic E-state index is 0.175. The summed E-state index contributed by atoms with van der Waals surface area (Å²) in [5, 5.41) is 0. The third-order valence-electron chi connectivity index (χ3n) is 3.10. The molecule has 0 saturated heterocycles. The van der Waals surface area contributed by atoms with Gasteiger partial charge < -0.3 is 5.73 Å². The maximum atomic E-state index is 12.1. The lowest BCUT2D eigenvalue weighted by Crippen LogP contribution is -2.27. The first kappa shape index (κ1) is 16.4. The molecule has 0 aliphatic rings. The fourth-order valence-corrected chi connectivity index (χ4v) is 3.32. The Morgan fingerprint density at radius 1 is 1.05 bits per heavy atom. The third-order valence-corrected chi connectivity index (χ3v) is 5.30. The normalized spacial score (nSPS) is 13.0. The van der Waals surface area contributed by atoms with E-state index in [4.69, 9.17) is 5.73 Å². The first-order valence-corrected chi connectivity index (χ1v) is 9.11. The van der Waals surface area contributed by atoms with E-state index in [2.05, 4.69) is 27.3 Å². The van der Waals surface area contributed by atoms with Crippen molar-refractivity contribution in [1.82, 2.24) is 4.72 Å². The summed E-state index contributed by atoms with van der Waals surface area (Å²) in [5.41, 5.74) is 7.05. The average Bonchev–Trinajstić information content (AvgIpc) is 2.48. The molecule has 0 radical (unpaired) electrons. The highest BCUT2D eigenvalue weighted by Gasteiger charge is 2.14. The van der Waals surface area contributed by atoms with Gasteiger partial charge in [0.05, 0.1) is 4.90 Å². The summed E-state index contributed by atoms with van der Waals surface area (Å²) in [6.07, 6.45) is 0.549. The van der Waals surface area contributed by atoms with Gasteiger partial charge in [-0.15, -0.1) is 0 Å². The van der Waals surface area contributed by atoms with E-state index in [0.29, 0.717) is 13.0 Å². The van der Waals surface area contributed by atoms with Crippen molar-refractivity contribution >= 4 is 32.6 Å². The van der Waals surface area contributed by atoms with Gasteiger partial charge in [-0.25, -0.2) is 13.1 Å². The summed E-state index contributed by atoms with van der Waals surface area (Å²) in [6.45, 7) is 0.310. The van der Waals surface area contributed by atoms with Crippen molar-refractivity contribution in [3.05, 3.63) is 63.7 Å². The van der Waals surface area contributed by atoms with Gasteiger partial charge in [0, 0.05) is 16.2 Å². The van der Waals surface area contributed by atoms with Gasteiger partial charge in [0.2, 0.25) is 10.0 Å². The lowest BCUT2D eigenvalue weighted by atomic mass is 10.1. The number of nitrogens with one attached hydrogen (secondary N) is 1. The van der Waals surface area contributed by atoms with Crippen LogP contribution >= 0.6 is 22.6 Å². The summed E-state index contributed by atoms with van der Waals surface area (Å²) in [6, 6.07) is 16.2. The Morgan fingerprint density at radius 2 is 1.67 bits per heavy atom. The van der Waals surface area contributed by atoms with E-state index >= 15 is 0 Å². The van der Waals surface area contributed by atoms with Crippen LogP contribution in [0.15, 0.2) is 59.5 Å². The van der Waals surface area contributed by atoms with Crippen LogP contribution < -0.4 is 10.5 Å². The van der Waals surface area contributed by atoms with E-state index in [0.717, 1.165) is 9.13 Å². The monoisotopic (exact) mass is 416 g/mol. The fourth-order valence-electron chi connectivity index (χ4n) is 1.91. The highest BCUT2D eigenvalue weighted by molar-refractivity contribution is 14.1. The van der Waals surface area contributed by atoms with E-state index in [1.807, 2.05) is 30.3 Å². The molecule has 0 spiro atoms. The molecule has 0 fully saturated rings. The van der Waals surface area contributed by atoms with Crippen molar-refractivity contribution < 1.29 is 8.42 Å². The standard InChI is InChI=1S/C15H17IN2O2S/c16-13-6-8-14(9-7-13)21(19,20)18-11-10-15(17)12-4-2-1-3-5-12/h1-9,15,18H,10-11,17H2. The zero-order chi connectivity index (χ0) is 15.3. The lowest BCUT2D eigenvalue weighted by Gasteiger charge is -2.12. The third kappa shape index (κ3) is 4.77. The summed E-state index contributed by atoms with van der Waals surface area (Å²) in [7, 11) is -3.46. The van der Waals surface area contributed by atoms with E-state index in [-0.39, 0.29) is 10.9 Å². The Labute approximate surface area is 138 Å². The molecule has 0 aliphatic carbocycles. The second-order valence-electron chi connectivity index (χ2n) is 4.66. The maximum absolute atomic E-state index is 12.1. The molecule has 2 aromatic rings. The van der Waals surface area contributed by atoms with Crippen molar-refractivity contribution in [1.29, 1.82) is 0 Å². The Hall–Kier alpha value is -0.960. The first-order valence-electron chi connectivity index (χ1n) is 6.55. The molecule has 0 amide bonds. The van der Waals surface area contributed by atoms with Gasteiger partial charge in [0.25, 0.3) is 0 Å². The van der Waals surface area contributed by atoms with Crippen LogP contribution in [0.1, 0.15) is 18.0 Å². The topological polar surface area (TPSA) is 72.2 Å². The van der Waals surface area contributed by atoms with Gasteiger partial charge in [-0.3, -0.25) is 0 Å². The van der Waals surface area contributed by atoms with E-state index in [1.165, 1.54) is 0 Å². The van der Waals surface area contributed by atoms with Gasteiger partial charge in [-0.05, 0) is 58.8 Å². The van der Waals surface area contributed by atoms with E-state index in [9.17, 15) is 8.42 Å². The SMILES string of the molecule is NC(CCNS(=O)(=O)c1ccc(I)cc1)c1ccccc1. The smallest absolute Gasteiger partial charge is 0.240 e. The number of hydrogen-bond acceptors (Lipinski definition) is 3. The van der Waals surface area contributed by atoms with Crippen LogP contribution in [0.2, 0.25) is 0 Å². The van der Waals surface area contributed by atoms with Crippen molar-refractivity contribution in [2.75, 3.05) is 6.54 Å². The molecule has 2 rings (SSSR count). The molecule has 0 bridgehead atoms. The van der Waals surface area contributed by atoms with Gasteiger partial charge in [-0.1, -0.05) is 30.3 Å². The van der Waals surface area contributed by atoms with Gasteiger partial charge in [0.15, 0.2) is 0 Å². The van der Waals surface area contributed by atoms with Crippen LogP contribution in [0.25, 0.3) is 0 Å². The highest BCUT2D eigenvalue weighted by atomic mass is 127. The lowest BCUT2D eigenvalue weighted by molar-refractivity contribution is 0.569. The van der Waals surface area contributed by atoms with Crippen LogP contribution in [-0.2, 0) is 10.0 Å². The summed E-state index contributed by atoms with van der Waals surface area (Å²) in [4.78, 5) is 0.274. The Balaban J connectivity index is 1.92. The molecule has 3 N–H and O–H groups in total. The van der Waals surface area contributed by atoms with Crippen molar-refractivity contribution in [3.63, 3.8) is 0 Å². The predicted octanol–water partition coefficient (Wildman–Crippen LogP) is 2.66. The molecule has 21 heavy (non-hydrogen) atoms.